The van der Waals surface area contributed by atoms with Crippen LogP contribution in [0.25, 0.3) is 0 Å². The lowest BCUT2D eigenvalue weighted by Gasteiger charge is -2.31. The van der Waals surface area contributed by atoms with Crippen LogP contribution >= 0.6 is 0 Å². The lowest BCUT2D eigenvalue weighted by atomic mass is 9.96. The summed E-state index contributed by atoms with van der Waals surface area (Å²) in [7, 11) is -3.65. The Morgan fingerprint density at radius 2 is 2.23 bits per heavy atom. The second-order valence-corrected chi connectivity index (χ2v) is 7.50. The Morgan fingerprint density at radius 1 is 1.50 bits per heavy atom. The molecule has 1 atom stereocenters. The molecule has 22 heavy (non-hydrogen) atoms. The van der Waals surface area contributed by atoms with Crippen molar-refractivity contribution in [3.63, 3.8) is 0 Å². The van der Waals surface area contributed by atoms with Gasteiger partial charge < -0.3 is 5.11 Å². The highest BCUT2D eigenvalue weighted by atomic mass is 32.2. The summed E-state index contributed by atoms with van der Waals surface area (Å²) in [4.78, 5) is 11.0. The summed E-state index contributed by atoms with van der Waals surface area (Å²) < 4.78 is 26.7. The molecule has 0 bridgehead atoms. The molecule has 6 nitrogen and oxygen atoms in total. The maximum atomic E-state index is 12.7. The van der Waals surface area contributed by atoms with Crippen molar-refractivity contribution in [1.82, 2.24) is 4.31 Å². The van der Waals surface area contributed by atoms with E-state index in [0.717, 1.165) is 6.42 Å². The molecular weight excluding hydrogens is 304 g/mol. The SMILES string of the molecule is Cc1cc(S(=O)(=O)N2CCCC(CC(=O)O)C2)ccc1C#N. The summed E-state index contributed by atoms with van der Waals surface area (Å²) in [6.07, 6.45) is 1.37. The molecule has 1 N–H and O–H groups in total. The van der Waals surface area contributed by atoms with Gasteiger partial charge in [0, 0.05) is 19.5 Å². The second kappa shape index (κ2) is 6.46. The molecule has 1 saturated heterocycles. The molecule has 1 unspecified atom stereocenters. The number of hydrogen-bond donors (Lipinski definition) is 1. The predicted molar refractivity (Wildman–Crippen MR) is 79.6 cm³/mol. The molecule has 1 aliphatic rings. The molecule has 0 spiro atoms. The molecule has 0 aliphatic carbocycles. The van der Waals surface area contributed by atoms with E-state index in [1.54, 1.807) is 6.92 Å². The van der Waals surface area contributed by atoms with Crippen LogP contribution in [0, 0.1) is 24.2 Å². The van der Waals surface area contributed by atoms with Crippen molar-refractivity contribution in [3.8, 4) is 6.07 Å². The number of carbonyl (C=O) groups is 1. The molecule has 1 fully saturated rings. The van der Waals surface area contributed by atoms with E-state index in [1.807, 2.05) is 6.07 Å². The zero-order valence-corrected chi connectivity index (χ0v) is 13.1. The van der Waals surface area contributed by atoms with Crippen molar-refractivity contribution in [2.75, 3.05) is 13.1 Å². The van der Waals surface area contributed by atoms with Gasteiger partial charge in [-0.3, -0.25) is 4.79 Å². The summed E-state index contributed by atoms with van der Waals surface area (Å²) in [6.45, 7) is 2.33. The maximum absolute atomic E-state index is 12.7. The van der Waals surface area contributed by atoms with Crippen molar-refractivity contribution < 1.29 is 18.3 Å². The average molecular weight is 322 g/mol. The van der Waals surface area contributed by atoms with Gasteiger partial charge in [0.05, 0.1) is 16.5 Å². The molecule has 1 heterocycles. The highest BCUT2D eigenvalue weighted by Crippen LogP contribution is 2.26. The Labute approximate surface area is 130 Å². The number of benzene rings is 1. The van der Waals surface area contributed by atoms with Crippen molar-refractivity contribution in [3.05, 3.63) is 29.3 Å². The molecule has 0 saturated carbocycles. The summed E-state index contributed by atoms with van der Waals surface area (Å²) in [5.41, 5.74) is 1.06. The largest absolute Gasteiger partial charge is 0.481 e. The minimum Gasteiger partial charge on any atom is -0.481 e. The van der Waals surface area contributed by atoms with Crippen LogP contribution < -0.4 is 0 Å². The Morgan fingerprint density at radius 3 is 2.82 bits per heavy atom. The molecule has 0 aromatic heterocycles. The van der Waals surface area contributed by atoms with Gasteiger partial charge in [0.25, 0.3) is 0 Å². The first-order chi connectivity index (χ1) is 10.3. The smallest absolute Gasteiger partial charge is 0.303 e. The number of nitrogens with zero attached hydrogens (tertiary/aromatic N) is 2. The number of hydrogen-bond acceptors (Lipinski definition) is 4. The Kier molecular flexibility index (Phi) is 4.84. The second-order valence-electron chi connectivity index (χ2n) is 5.56. The predicted octanol–water partition coefficient (Wildman–Crippen LogP) is 1.74. The van der Waals surface area contributed by atoms with E-state index in [4.69, 9.17) is 10.4 Å². The molecular formula is C15H18N2O4S. The number of carboxylic acids is 1. The van der Waals surface area contributed by atoms with Gasteiger partial charge in [0.2, 0.25) is 10.0 Å². The van der Waals surface area contributed by atoms with Crippen molar-refractivity contribution in [2.45, 2.75) is 31.1 Å². The topological polar surface area (TPSA) is 98.5 Å². The summed E-state index contributed by atoms with van der Waals surface area (Å²) in [5.74, 6) is -1.06. The zero-order chi connectivity index (χ0) is 16.3. The minimum absolute atomic E-state index is 0.0155. The first-order valence-electron chi connectivity index (χ1n) is 7.07. The number of carboxylic acid groups (broad SMARTS) is 1. The fourth-order valence-corrected chi connectivity index (χ4v) is 4.37. The van der Waals surface area contributed by atoms with Crippen LogP contribution in [0.2, 0.25) is 0 Å². The van der Waals surface area contributed by atoms with Crippen LogP contribution in [0.3, 0.4) is 0 Å². The number of sulfonamides is 1. The van der Waals surface area contributed by atoms with Gasteiger partial charge in [-0.15, -0.1) is 0 Å². The van der Waals surface area contributed by atoms with Gasteiger partial charge in [-0.2, -0.15) is 9.57 Å². The van der Waals surface area contributed by atoms with Gasteiger partial charge in [0.1, 0.15) is 0 Å². The molecule has 2 rings (SSSR count). The van der Waals surface area contributed by atoms with E-state index < -0.39 is 16.0 Å². The van der Waals surface area contributed by atoms with Crippen molar-refractivity contribution >= 4 is 16.0 Å². The third-order valence-electron chi connectivity index (χ3n) is 3.90. The maximum Gasteiger partial charge on any atom is 0.303 e. The molecule has 0 amide bonds. The van der Waals surface area contributed by atoms with Gasteiger partial charge in [-0.05, 0) is 49.4 Å². The Hall–Kier alpha value is -1.91. The standard InChI is InChI=1S/C15H18N2O4S/c1-11-7-14(5-4-13(11)9-16)22(20,21)17-6-2-3-12(10-17)8-15(18)19/h4-5,7,12H,2-3,6,8,10H2,1H3,(H,18,19). The monoisotopic (exact) mass is 322 g/mol. The van der Waals surface area contributed by atoms with Crippen LogP contribution in [0.1, 0.15) is 30.4 Å². The minimum atomic E-state index is -3.65. The Bertz CT molecular complexity index is 722. The lowest BCUT2D eigenvalue weighted by molar-refractivity contribution is -0.138. The van der Waals surface area contributed by atoms with E-state index >= 15 is 0 Å². The number of nitriles is 1. The van der Waals surface area contributed by atoms with Gasteiger partial charge in [-0.25, -0.2) is 8.42 Å². The van der Waals surface area contributed by atoms with E-state index in [9.17, 15) is 13.2 Å². The van der Waals surface area contributed by atoms with Crippen LogP contribution in [0.15, 0.2) is 23.1 Å². The molecule has 7 heteroatoms. The normalized spacial score (nSPS) is 19.5. The highest BCUT2D eigenvalue weighted by molar-refractivity contribution is 7.89. The van der Waals surface area contributed by atoms with E-state index in [-0.39, 0.29) is 23.8 Å². The van der Waals surface area contributed by atoms with E-state index in [1.165, 1.54) is 22.5 Å². The average Bonchev–Trinajstić information content (AvgIpc) is 2.46. The quantitative estimate of drug-likeness (QED) is 0.910. The lowest BCUT2D eigenvalue weighted by Crippen LogP contribution is -2.40. The molecule has 1 aliphatic heterocycles. The molecule has 1 aromatic rings. The van der Waals surface area contributed by atoms with Crippen LogP contribution in [-0.4, -0.2) is 36.9 Å². The molecule has 0 radical (unpaired) electrons. The molecule has 118 valence electrons. The first-order valence-corrected chi connectivity index (χ1v) is 8.51. The molecule has 1 aromatic carbocycles. The van der Waals surface area contributed by atoms with Gasteiger partial charge in [-0.1, -0.05) is 0 Å². The number of aliphatic carboxylic acids is 1. The van der Waals surface area contributed by atoms with Crippen molar-refractivity contribution in [2.24, 2.45) is 5.92 Å². The number of aryl methyl sites for hydroxylation is 1. The number of rotatable bonds is 4. The van der Waals surface area contributed by atoms with Crippen molar-refractivity contribution in [1.29, 1.82) is 5.26 Å². The van der Waals surface area contributed by atoms with Gasteiger partial charge in [0.15, 0.2) is 0 Å². The number of piperidine rings is 1. The summed E-state index contributed by atoms with van der Waals surface area (Å²) in [6, 6.07) is 6.44. The summed E-state index contributed by atoms with van der Waals surface area (Å²) in [5, 5.41) is 17.8. The third kappa shape index (κ3) is 3.46. The van der Waals surface area contributed by atoms with E-state index in [2.05, 4.69) is 0 Å². The van der Waals surface area contributed by atoms with Crippen LogP contribution in [-0.2, 0) is 14.8 Å². The summed E-state index contributed by atoms with van der Waals surface area (Å²) >= 11 is 0. The van der Waals surface area contributed by atoms with E-state index in [0.29, 0.717) is 24.1 Å². The van der Waals surface area contributed by atoms with Gasteiger partial charge >= 0.3 is 5.97 Å². The third-order valence-corrected chi connectivity index (χ3v) is 5.76. The van der Waals surface area contributed by atoms with Crippen LogP contribution in [0.5, 0.6) is 0 Å². The zero-order valence-electron chi connectivity index (χ0n) is 12.3. The highest BCUT2D eigenvalue weighted by Gasteiger charge is 2.31. The fourth-order valence-electron chi connectivity index (χ4n) is 2.73. The fraction of sp³-hybridized carbons (Fsp3) is 0.467. The Balaban J connectivity index is 2.24. The van der Waals surface area contributed by atoms with Crippen LogP contribution in [0.4, 0.5) is 0 Å². The first kappa shape index (κ1) is 16.5.